The third-order valence-corrected chi connectivity index (χ3v) is 6.00. The van der Waals surface area contributed by atoms with E-state index in [1.165, 1.54) is 6.92 Å². The number of phosphoric acid groups is 1. The van der Waals surface area contributed by atoms with Crippen LogP contribution in [0.1, 0.15) is 51.8 Å². The Morgan fingerprint density at radius 2 is 1.45 bits per heavy atom. The minimum Gasteiger partial charge on any atom is -0.387 e. The predicted molar refractivity (Wildman–Crippen MR) is 126 cm³/mol. The monoisotopic (exact) mass is 477 g/mol. The van der Waals surface area contributed by atoms with Crippen molar-refractivity contribution in [2.75, 3.05) is 13.2 Å². The van der Waals surface area contributed by atoms with Crippen molar-refractivity contribution in [3.05, 3.63) is 71.8 Å². The van der Waals surface area contributed by atoms with Gasteiger partial charge in [-0.3, -0.25) is 19.3 Å². The zero-order chi connectivity index (χ0) is 24.3. The normalized spacial score (nSPS) is 12.5. The highest BCUT2D eigenvalue weighted by Gasteiger charge is 2.32. The summed E-state index contributed by atoms with van der Waals surface area (Å²) in [5.41, 5.74) is 6.37. The first-order chi connectivity index (χ1) is 15.7. The van der Waals surface area contributed by atoms with Crippen molar-refractivity contribution in [3.8, 4) is 0 Å². The second-order valence-corrected chi connectivity index (χ2v) is 9.03. The van der Waals surface area contributed by atoms with Crippen LogP contribution >= 0.6 is 7.82 Å². The van der Waals surface area contributed by atoms with Crippen LogP contribution in [0.15, 0.2) is 65.8 Å². The van der Waals surface area contributed by atoms with Crippen LogP contribution in [0.4, 0.5) is 0 Å². The Balaban J connectivity index is 2.05. The molecule has 0 atom stereocenters. The van der Waals surface area contributed by atoms with Gasteiger partial charge in [0, 0.05) is 6.92 Å². The Kier molecular flexibility index (Phi) is 10.1. The summed E-state index contributed by atoms with van der Waals surface area (Å²) >= 11 is 0. The Bertz CT molecular complexity index is 904. The molecule has 2 rings (SSSR count). The zero-order valence-electron chi connectivity index (χ0n) is 19.6. The van der Waals surface area contributed by atoms with E-state index in [9.17, 15) is 9.36 Å². The Morgan fingerprint density at radius 3 is 1.91 bits per heavy atom. The lowest BCUT2D eigenvalue weighted by Crippen LogP contribution is -2.50. The fourth-order valence-corrected chi connectivity index (χ4v) is 3.91. The van der Waals surface area contributed by atoms with Gasteiger partial charge in [-0.1, -0.05) is 65.8 Å². The number of rotatable bonds is 12. The number of phosphoric ester groups is 1. The number of hydrogen-bond donors (Lipinski definition) is 2. The van der Waals surface area contributed by atoms with Gasteiger partial charge in [-0.25, -0.2) is 9.99 Å². The van der Waals surface area contributed by atoms with Crippen LogP contribution in [0.3, 0.4) is 0 Å². The molecule has 33 heavy (non-hydrogen) atoms. The standard InChI is InChI=1S/C23H32N3O6P/c1-6-29-33(28,30-7-2)31-18(3)26-32-23(4,5)22(27)25-24-21(19-14-10-8-11-15-19)20-16-12-9-13-17-20/h8-17,21,24H,6-7H2,1-5H3,(H,25,27)/b26-18+. The van der Waals surface area contributed by atoms with Gasteiger partial charge >= 0.3 is 7.82 Å². The molecule has 0 aromatic heterocycles. The second kappa shape index (κ2) is 12.5. The molecule has 10 heteroatoms. The number of nitrogens with one attached hydrogen (secondary N) is 2. The average Bonchev–Trinajstić information content (AvgIpc) is 2.79. The van der Waals surface area contributed by atoms with E-state index in [2.05, 4.69) is 16.0 Å². The number of benzene rings is 2. The van der Waals surface area contributed by atoms with E-state index in [1.807, 2.05) is 60.7 Å². The number of hydrazine groups is 1. The summed E-state index contributed by atoms with van der Waals surface area (Å²) in [6.45, 7) is 8.12. The van der Waals surface area contributed by atoms with Crippen LogP contribution < -0.4 is 10.9 Å². The van der Waals surface area contributed by atoms with Crippen molar-refractivity contribution in [2.24, 2.45) is 5.16 Å². The van der Waals surface area contributed by atoms with Gasteiger partial charge in [0.25, 0.3) is 5.91 Å². The Labute approximate surface area is 195 Å². The van der Waals surface area contributed by atoms with Crippen LogP contribution in [0.25, 0.3) is 0 Å². The molecule has 0 spiro atoms. The number of nitrogens with zero attached hydrogens (tertiary/aromatic N) is 1. The van der Waals surface area contributed by atoms with E-state index >= 15 is 0 Å². The van der Waals surface area contributed by atoms with Gasteiger partial charge in [-0.05, 0) is 38.8 Å². The van der Waals surface area contributed by atoms with Crippen LogP contribution in [-0.4, -0.2) is 30.6 Å². The minimum atomic E-state index is -3.80. The van der Waals surface area contributed by atoms with Gasteiger partial charge in [0.1, 0.15) is 0 Å². The van der Waals surface area contributed by atoms with E-state index in [-0.39, 0.29) is 25.2 Å². The van der Waals surface area contributed by atoms with Crippen molar-refractivity contribution >= 4 is 19.6 Å². The molecule has 0 bridgehead atoms. The SMILES string of the molecule is CCOP(=O)(OCC)O/C(C)=N/OC(C)(C)C(=O)NNC(c1ccccc1)c1ccccc1. The van der Waals surface area contributed by atoms with Crippen molar-refractivity contribution < 1.29 is 27.8 Å². The molecule has 0 aliphatic rings. The minimum absolute atomic E-state index is 0.0967. The number of amides is 1. The highest BCUT2D eigenvalue weighted by Crippen LogP contribution is 2.49. The quantitative estimate of drug-likeness (QED) is 0.197. The highest BCUT2D eigenvalue weighted by molar-refractivity contribution is 7.49. The van der Waals surface area contributed by atoms with Gasteiger partial charge in [0.05, 0.1) is 19.3 Å². The maximum atomic E-state index is 12.8. The summed E-state index contributed by atoms with van der Waals surface area (Å²) in [5.74, 6) is -0.561. The maximum absolute atomic E-state index is 12.8. The number of carbonyl (C=O) groups is 1. The third-order valence-electron chi connectivity index (χ3n) is 4.36. The lowest BCUT2D eigenvalue weighted by atomic mass is 9.99. The van der Waals surface area contributed by atoms with Crippen LogP contribution in [0.5, 0.6) is 0 Å². The molecule has 2 aromatic rings. The molecular formula is C23H32N3O6P. The van der Waals surface area contributed by atoms with Crippen molar-refractivity contribution in [3.63, 3.8) is 0 Å². The lowest BCUT2D eigenvalue weighted by molar-refractivity contribution is -0.144. The van der Waals surface area contributed by atoms with Crippen LogP contribution in [-0.2, 0) is 27.8 Å². The van der Waals surface area contributed by atoms with E-state index in [1.54, 1.807) is 27.7 Å². The molecule has 0 radical (unpaired) electrons. The smallest absolute Gasteiger partial charge is 0.387 e. The van der Waals surface area contributed by atoms with Crippen LogP contribution in [0, 0.1) is 0 Å². The molecule has 0 heterocycles. The molecule has 0 aliphatic heterocycles. The first-order valence-electron chi connectivity index (χ1n) is 10.7. The summed E-state index contributed by atoms with van der Waals surface area (Å²) < 4.78 is 27.7. The fourth-order valence-electron chi connectivity index (χ4n) is 2.74. The molecule has 2 aromatic carbocycles. The molecule has 9 nitrogen and oxygen atoms in total. The van der Waals surface area contributed by atoms with E-state index in [0.717, 1.165) is 11.1 Å². The fraction of sp³-hybridized carbons (Fsp3) is 0.391. The summed E-state index contributed by atoms with van der Waals surface area (Å²) in [6.07, 6.45) is 0. The summed E-state index contributed by atoms with van der Waals surface area (Å²) in [6, 6.07) is 19.2. The molecule has 0 saturated carbocycles. The van der Waals surface area contributed by atoms with Gasteiger partial charge in [0.2, 0.25) is 11.5 Å². The van der Waals surface area contributed by atoms with E-state index < -0.39 is 19.3 Å². The Morgan fingerprint density at radius 1 is 0.970 bits per heavy atom. The molecule has 0 aliphatic carbocycles. The molecule has 1 amide bonds. The third kappa shape index (κ3) is 8.29. The lowest BCUT2D eigenvalue weighted by Gasteiger charge is -2.25. The van der Waals surface area contributed by atoms with E-state index in [0.29, 0.717) is 0 Å². The highest BCUT2D eigenvalue weighted by atomic mass is 31.2. The Hall–Kier alpha value is -2.71. The summed E-state index contributed by atoms with van der Waals surface area (Å²) in [5, 5.41) is 3.78. The van der Waals surface area contributed by atoms with Crippen molar-refractivity contribution in [1.29, 1.82) is 0 Å². The topological polar surface area (TPSA) is 107 Å². The molecular weight excluding hydrogens is 445 g/mol. The van der Waals surface area contributed by atoms with Crippen LogP contribution in [0.2, 0.25) is 0 Å². The largest absolute Gasteiger partial charge is 0.531 e. The van der Waals surface area contributed by atoms with E-state index in [4.69, 9.17) is 18.4 Å². The zero-order valence-corrected chi connectivity index (χ0v) is 20.5. The summed E-state index contributed by atoms with van der Waals surface area (Å²) in [4.78, 5) is 18.2. The molecule has 0 saturated heterocycles. The summed E-state index contributed by atoms with van der Waals surface area (Å²) in [7, 11) is -3.80. The number of oxime groups is 1. The molecule has 0 fully saturated rings. The molecule has 180 valence electrons. The predicted octanol–water partition coefficient (Wildman–Crippen LogP) is 4.72. The molecule has 0 unspecified atom stereocenters. The first-order valence-corrected chi connectivity index (χ1v) is 12.1. The van der Waals surface area contributed by atoms with Gasteiger partial charge < -0.3 is 9.36 Å². The van der Waals surface area contributed by atoms with Crippen molar-refractivity contribution in [2.45, 2.75) is 46.3 Å². The maximum Gasteiger partial charge on any atom is 0.531 e. The second-order valence-electron chi connectivity index (χ2n) is 7.44. The van der Waals surface area contributed by atoms with Crippen molar-refractivity contribution in [1.82, 2.24) is 10.9 Å². The van der Waals surface area contributed by atoms with Gasteiger partial charge in [-0.2, -0.15) is 0 Å². The first kappa shape index (κ1) is 26.5. The average molecular weight is 477 g/mol. The van der Waals surface area contributed by atoms with Gasteiger partial charge in [-0.15, -0.1) is 0 Å². The van der Waals surface area contributed by atoms with Gasteiger partial charge in [0.15, 0.2) is 0 Å². The number of hydrogen-bond acceptors (Lipinski definition) is 8. The molecule has 2 N–H and O–H groups in total. The number of carbonyl (C=O) groups excluding carboxylic acids is 1.